The second kappa shape index (κ2) is 7.83. The van der Waals surface area contributed by atoms with Gasteiger partial charge in [-0.05, 0) is 24.5 Å². The van der Waals surface area contributed by atoms with Crippen molar-refractivity contribution in [3.8, 4) is 6.07 Å². The fourth-order valence-electron chi connectivity index (χ4n) is 4.06. The van der Waals surface area contributed by atoms with Crippen LogP contribution in [0.25, 0.3) is 0 Å². The molecule has 1 aromatic carbocycles. The summed E-state index contributed by atoms with van der Waals surface area (Å²) in [6, 6.07) is 9.81. The first kappa shape index (κ1) is 18.2. The molecule has 2 saturated heterocycles. The number of fused-ring (bicyclic) bond motifs is 1. The van der Waals surface area contributed by atoms with E-state index >= 15 is 0 Å². The third-order valence-corrected chi connectivity index (χ3v) is 6.55. The maximum atomic E-state index is 13.4. The van der Waals surface area contributed by atoms with Crippen LogP contribution in [0, 0.1) is 11.3 Å². The number of carbonyl (C=O) groups is 1. The quantitative estimate of drug-likeness (QED) is 0.853. The summed E-state index contributed by atoms with van der Waals surface area (Å²) in [6.45, 7) is 3.00. The Balaban J connectivity index is 1.68. The van der Waals surface area contributed by atoms with Crippen LogP contribution in [0.15, 0.2) is 36.3 Å². The van der Waals surface area contributed by atoms with Crippen LogP contribution < -0.4 is 5.73 Å². The van der Waals surface area contributed by atoms with Crippen LogP contribution in [-0.4, -0.2) is 63.8 Å². The first-order valence-corrected chi connectivity index (χ1v) is 10.7. The number of hydrogen-bond donors (Lipinski definition) is 1. The van der Waals surface area contributed by atoms with Gasteiger partial charge in [0.25, 0.3) is 5.91 Å². The minimum absolute atomic E-state index is 0.111. The highest BCUT2D eigenvalue weighted by Gasteiger charge is 2.39. The maximum Gasteiger partial charge on any atom is 0.251 e. The number of hydrogen-bond acceptors (Lipinski definition) is 6. The minimum Gasteiger partial charge on any atom is -0.361 e. The number of likely N-dealkylation sites (tertiary alicyclic amines) is 1. The monoisotopic (exact) mass is 383 g/mol. The Morgan fingerprint density at radius 3 is 2.96 bits per heavy atom. The smallest absolute Gasteiger partial charge is 0.251 e. The molecule has 0 spiro atoms. The van der Waals surface area contributed by atoms with Crippen molar-refractivity contribution in [1.29, 1.82) is 5.26 Å². The van der Waals surface area contributed by atoms with Gasteiger partial charge in [-0.25, -0.2) is 0 Å². The SMILES string of the molecule is N#Cc1ccccc1CN1C(=O)C2CSCCN2C=C1N1CCCC(N)C1. The summed E-state index contributed by atoms with van der Waals surface area (Å²) in [5, 5.41) is 9.44. The molecule has 0 saturated carbocycles. The van der Waals surface area contributed by atoms with Gasteiger partial charge in [-0.15, -0.1) is 0 Å². The molecular weight excluding hydrogens is 358 g/mol. The zero-order valence-corrected chi connectivity index (χ0v) is 16.2. The largest absolute Gasteiger partial charge is 0.361 e. The molecule has 0 radical (unpaired) electrons. The van der Waals surface area contributed by atoms with Crippen molar-refractivity contribution in [2.24, 2.45) is 5.73 Å². The lowest BCUT2D eigenvalue weighted by molar-refractivity contribution is -0.137. The maximum absolute atomic E-state index is 13.4. The normalized spacial score (nSPS) is 25.7. The molecule has 2 atom stereocenters. The summed E-state index contributed by atoms with van der Waals surface area (Å²) >= 11 is 1.83. The van der Waals surface area contributed by atoms with Crippen LogP contribution in [0.2, 0.25) is 0 Å². The van der Waals surface area contributed by atoms with Gasteiger partial charge in [0.2, 0.25) is 0 Å². The number of nitrogens with two attached hydrogens (primary N) is 1. The van der Waals surface area contributed by atoms with Crippen molar-refractivity contribution in [3.63, 3.8) is 0 Å². The van der Waals surface area contributed by atoms with E-state index in [4.69, 9.17) is 5.73 Å². The Morgan fingerprint density at radius 1 is 1.30 bits per heavy atom. The van der Waals surface area contributed by atoms with E-state index in [1.54, 1.807) is 0 Å². The van der Waals surface area contributed by atoms with Crippen molar-refractivity contribution in [2.75, 3.05) is 31.1 Å². The molecule has 2 N–H and O–H groups in total. The Hall–Kier alpha value is -2.17. The standard InChI is InChI=1S/C20H25N5OS/c21-10-15-4-1-2-5-16(15)11-25-19(24-7-3-6-17(22)12-24)13-23-8-9-27-14-18(23)20(25)26/h1-2,4-5,13,17-18H,3,6-9,11-12,14,22H2. The Kier molecular flexibility index (Phi) is 5.28. The van der Waals surface area contributed by atoms with Crippen molar-refractivity contribution in [1.82, 2.24) is 14.7 Å². The molecule has 142 valence electrons. The molecule has 3 heterocycles. The van der Waals surface area contributed by atoms with E-state index in [0.29, 0.717) is 12.1 Å². The van der Waals surface area contributed by atoms with Gasteiger partial charge >= 0.3 is 0 Å². The van der Waals surface area contributed by atoms with Crippen molar-refractivity contribution in [3.05, 3.63) is 47.4 Å². The number of thioether (sulfide) groups is 1. The molecule has 27 heavy (non-hydrogen) atoms. The minimum atomic E-state index is -0.111. The topological polar surface area (TPSA) is 76.6 Å². The van der Waals surface area contributed by atoms with Gasteiger partial charge in [0.15, 0.2) is 0 Å². The van der Waals surface area contributed by atoms with E-state index in [9.17, 15) is 10.1 Å². The van der Waals surface area contributed by atoms with E-state index in [0.717, 1.165) is 55.4 Å². The summed E-state index contributed by atoms with van der Waals surface area (Å²) in [5.41, 5.74) is 7.72. The number of carbonyl (C=O) groups excluding carboxylic acids is 1. The molecule has 3 aliphatic heterocycles. The molecule has 0 aromatic heterocycles. The zero-order valence-electron chi connectivity index (χ0n) is 15.4. The highest BCUT2D eigenvalue weighted by atomic mass is 32.2. The molecule has 0 bridgehead atoms. The summed E-state index contributed by atoms with van der Waals surface area (Å²) in [7, 11) is 0. The van der Waals surface area contributed by atoms with Crippen LogP contribution >= 0.6 is 11.8 Å². The predicted molar refractivity (Wildman–Crippen MR) is 106 cm³/mol. The second-order valence-corrected chi connectivity index (χ2v) is 8.51. The van der Waals surface area contributed by atoms with Gasteiger partial charge in [0.1, 0.15) is 11.9 Å². The third-order valence-electron chi connectivity index (χ3n) is 5.53. The summed E-state index contributed by atoms with van der Waals surface area (Å²) in [6.07, 6.45) is 4.21. The molecule has 2 fully saturated rings. The Labute approximate surface area is 164 Å². The molecule has 1 amide bonds. The van der Waals surface area contributed by atoms with Gasteiger partial charge in [0, 0.05) is 43.4 Å². The number of rotatable bonds is 3. The molecule has 0 aliphatic carbocycles. The van der Waals surface area contributed by atoms with E-state index < -0.39 is 0 Å². The number of nitriles is 1. The van der Waals surface area contributed by atoms with Crippen LogP contribution in [0.3, 0.4) is 0 Å². The first-order chi connectivity index (χ1) is 13.2. The third kappa shape index (κ3) is 3.64. The van der Waals surface area contributed by atoms with E-state index in [1.807, 2.05) is 40.9 Å². The fraction of sp³-hybridized carbons (Fsp3) is 0.500. The lowest BCUT2D eigenvalue weighted by Crippen LogP contribution is -2.58. The summed E-state index contributed by atoms with van der Waals surface area (Å²) in [4.78, 5) is 19.7. The fourth-order valence-corrected chi connectivity index (χ4v) is 5.13. The predicted octanol–water partition coefficient (Wildman–Crippen LogP) is 1.54. The number of nitrogens with zero attached hydrogens (tertiary/aromatic N) is 4. The zero-order chi connectivity index (χ0) is 18.8. The summed E-state index contributed by atoms with van der Waals surface area (Å²) in [5.74, 6) is 2.93. The number of benzene rings is 1. The van der Waals surface area contributed by atoms with Crippen molar-refractivity contribution in [2.45, 2.75) is 31.5 Å². The molecule has 2 unspecified atom stereocenters. The average molecular weight is 384 g/mol. The van der Waals surface area contributed by atoms with Crippen LogP contribution in [0.1, 0.15) is 24.0 Å². The molecule has 1 aromatic rings. The molecular formula is C20H25N5OS. The molecule has 4 rings (SSSR count). The molecule has 3 aliphatic rings. The van der Waals surface area contributed by atoms with E-state index in [2.05, 4.69) is 22.1 Å². The average Bonchev–Trinajstić information content (AvgIpc) is 2.70. The summed E-state index contributed by atoms with van der Waals surface area (Å²) < 4.78 is 0. The lowest BCUT2D eigenvalue weighted by Gasteiger charge is -2.47. The van der Waals surface area contributed by atoms with E-state index in [1.165, 1.54) is 0 Å². The number of piperidine rings is 1. The van der Waals surface area contributed by atoms with Crippen LogP contribution in [0.5, 0.6) is 0 Å². The Bertz CT molecular complexity index is 789. The second-order valence-electron chi connectivity index (χ2n) is 7.36. The first-order valence-electron chi connectivity index (χ1n) is 9.52. The van der Waals surface area contributed by atoms with Crippen molar-refractivity contribution < 1.29 is 4.79 Å². The highest BCUT2D eigenvalue weighted by Crippen LogP contribution is 2.30. The van der Waals surface area contributed by atoms with E-state index in [-0.39, 0.29) is 18.0 Å². The van der Waals surface area contributed by atoms with Gasteiger partial charge in [-0.3, -0.25) is 9.69 Å². The number of amides is 1. The Morgan fingerprint density at radius 2 is 2.15 bits per heavy atom. The highest BCUT2D eigenvalue weighted by molar-refractivity contribution is 7.99. The lowest BCUT2D eigenvalue weighted by atomic mass is 10.0. The molecule has 6 nitrogen and oxygen atoms in total. The van der Waals surface area contributed by atoms with Gasteiger partial charge in [-0.2, -0.15) is 17.0 Å². The van der Waals surface area contributed by atoms with Gasteiger partial charge < -0.3 is 15.5 Å². The molecule has 7 heteroatoms. The van der Waals surface area contributed by atoms with Crippen LogP contribution in [0.4, 0.5) is 0 Å². The van der Waals surface area contributed by atoms with Gasteiger partial charge in [-0.1, -0.05) is 18.2 Å². The van der Waals surface area contributed by atoms with Gasteiger partial charge in [0.05, 0.1) is 18.2 Å². The van der Waals surface area contributed by atoms with Crippen LogP contribution in [-0.2, 0) is 11.3 Å². The van der Waals surface area contributed by atoms with Crippen molar-refractivity contribution >= 4 is 17.7 Å².